The summed E-state index contributed by atoms with van der Waals surface area (Å²) in [7, 11) is 0. The molecule has 7 heteroatoms. The molecule has 2 aromatic carbocycles. The van der Waals surface area contributed by atoms with Gasteiger partial charge in [-0.2, -0.15) is 0 Å². The van der Waals surface area contributed by atoms with E-state index in [1.165, 1.54) is 0 Å². The Morgan fingerprint density at radius 3 is 2.72 bits per heavy atom. The van der Waals surface area contributed by atoms with Crippen LogP contribution >= 0.6 is 0 Å². The molecule has 7 nitrogen and oxygen atoms in total. The number of piperidine rings is 1. The van der Waals surface area contributed by atoms with Gasteiger partial charge in [0.2, 0.25) is 12.7 Å². The van der Waals surface area contributed by atoms with Gasteiger partial charge in [0.25, 0.3) is 0 Å². The average molecular weight is 391 g/mol. The highest BCUT2D eigenvalue weighted by Crippen LogP contribution is 2.34. The van der Waals surface area contributed by atoms with Gasteiger partial charge < -0.3 is 25.0 Å². The minimum atomic E-state index is -0.350. The van der Waals surface area contributed by atoms with E-state index < -0.39 is 0 Å². The predicted molar refractivity (Wildman–Crippen MR) is 109 cm³/mol. The highest BCUT2D eigenvalue weighted by molar-refractivity contribution is 5.94. The number of urea groups is 1. The van der Waals surface area contributed by atoms with Crippen molar-refractivity contribution in [2.24, 2.45) is 0 Å². The molecular formula is C22H21N3O4. The first-order chi connectivity index (χ1) is 14.2. The lowest BCUT2D eigenvalue weighted by Crippen LogP contribution is -2.35. The molecule has 3 amide bonds. The number of amides is 3. The number of carbonyl (C=O) groups excluding carboxylic acids is 2. The zero-order chi connectivity index (χ0) is 20.1. The van der Waals surface area contributed by atoms with Crippen molar-refractivity contribution in [1.82, 2.24) is 5.32 Å². The van der Waals surface area contributed by atoms with Gasteiger partial charge in [-0.25, -0.2) is 4.79 Å². The van der Waals surface area contributed by atoms with Crippen molar-refractivity contribution in [1.29, 1.82) is 0 Å². The van der Waals surface area contributed by atoms with Crippen LogP contribution in [-0.4, -0.2) is 31.8 Å². The van der Waals surface area contributed by atoms with E-state index in [9.17, 15) is 9.59 Å². The van der Waals surface area contributed by atoms with Crippen molar-refractivity contribution >= 4 is 23.3 Å². The van der Waals surface area contributed by atoms with E-state index >= 15 is 0 Å². The van der Waals surface area contributed by atoms with Gasteiger partial charge in [-0.1, -0.05) is 11.8 Å². The third kappa shape index (κ3) is 4.61. The van der Waals surface area contributed by atoms with Gasteiger partial charge in [0, 0.05) is 36.0 Å². The number of hydrogen-bond donors (Lipinski definition) is 2. The lowest BCUT2D eigenvalue weighted by molar-refractivity contribution is -0.119. The first-order valence-electron chi connectivity index (χ1n) is 9.53. The number of carbonyl (C=O) groups is 2. The van der Waals surface area contributed by atoms with Crippen LogP contribution in [0.15, 0.2) is 42.5 Å². The highest BCUT2D eigenvalue weighted by atomic mass is 16.7. The van der Waals surface area contributed by atoms with Crippen LogP contribution in [0.25, 0.3) is 0 Å². The van der Waals surface area contributed by atoms with Crippen molar-refractivity contribution in [3.8, 4) is 23.3 Å². The maximum Gasteiger partial charge on any atom is 0.319 e. The topological polar surface area (TPSA) is 79.9 Å². The smallest absolute Gasteiger partial charge is 0.319 e. The fourth-order valence-electron chi connectivity index (χ4n) is 3.22. The minimum absolute atomic E-state index is 0.174. The number of hydrogen-bond acceptors (Lipinski definition) is 4. The molecule has 0 radical (unpaired) electrons. The summed E-state index contributed by atoms with van der Waals surface area (Å²) in [5, 5.41) is 5.42. The zero-order valence-electron chi connectivity index (χ0n) is 15.9. The summed E-state index contributed by atoms with van der Waals surface area (Å²) >= 11 is 0. The molecule has 2 N–H and O–H groups in total. The summed E-state index contributed by atoms with van der Waals surface area (Å²) in [6, 6.07) is 12.4. The summed E-state index contributed by atoms with van der Waals surface area (Å²) in [4.78, 5) is 25.8. The molecule has 0 atom stereocenters. The fourth-order valence-corrected chi connectivity index (χ4v) is 3.22. The molecule has 2 aliphatic rings. The summed E-state index contributed by atoms with van der Waals surface area (Å²) in [6.45, 7) is 1.17. The number of anilines is 2. The molecule has 29 heavy (non-hydrogen) atoms. The normalized spacial score (nSPS) is 14.8. The van der Waals surface area contributed by atoms with Gasteiger partial charge in [-0.3, -0.25) is 4.79 Å². The van der Waals surface area contributed by atoms with Crippen LogP contribution in [0.1, 0.15) is 24.8 Å². The predicted octanol–water partition coefficient (Wildman–Crippen LogP) is 3.11. The molecule has 1 fully saturated rings. The van der Waals surface area contributed by atoms with Gasteiger partial charge in [-0.05, 0) is 49.2 Å². The van der Waals surface area contributed by atoms with Crippen molar-refractivity contribution < 1.29 is 19.1 Å². The zero-order valence-corrected chi connectivity index (χ0v) is 15.9. The Hall–Kier alpha value is -3.66. The van der Waals surface area contributed by atoms with Crippen LogP contribution < -0.4 is 25.0 Å². The Morgan fingerprint density at radius 2 is 1.90 bits per heavy atom. The van der Waals surface area contributed by atoms with Gasteiger partial charge >= 0.3 is 6.03 Å². The van der Waals surface area contributed by atoms with Crippen LogP contribution in [0.4, 0.5) is 16.2 Å². The van der Waals surface area contributed by atoms with Gasteiger partial charge in [0.1, 0.15) is 0 Å². The molecule has 0 bridgehead atoms. The number of ether oxygens (including phenoxy) is 2. The van der Waals surface area contributed by atoms with E-state index in [0.717, 1.165) is 30.6 Å². The summed E-state index contributed by atoms with van der Waals surface area (Å²) < 4.78 is 10.5. The van der Waals surface area contributed by atoms with Crippen LogP contribution in [0, 0.1) is 11.8 Å². The second-order valence-corrected chi connectivity index (χ2v) is 6.73. The molecule has 4 rings (SSSR count). The van der Waals surface area contributed by atoms with Crippen molar-refractivity contribution in [2.75, 3.05) is 30.1 Å². The largest absolute Gasteiger partial charge is 0.454 e. The molecule has 0 saturated carbocycles. The Balaban J connectivity index is 1.26. The molecule has 0 aromatic heterocycles. The summed E-state index contributed by atoms with van der Waals surface area (Å²) in [5.41, 5.74) is 2.35. The first kappa shape index (κ1) is 18.7. The molecule has 0 spiro atoms. The quantitative estimate of drug-likeness (QED) is 0.788. The van der Waals surface area contributed by atoms with Gasteiger partial charge in [-0.15, -0.1) is 0 Å². The van der Waals surface area contributed by atoms with E-state index in [1.807, 2.05) is 29.2 Å². The number of fused-ring (bicyclic) bond motifs is 1. The van der Waals surface area contributed by atoms with Crippen molar-refractivity contribution in [3.05, 3.63) is 48.0 Å². The van der Waals surface area contributed by atoms with E-state index in [0.29, 0.717) is 23.6 Å². The second-order valence-electron chi connectivity index (χ2n) is 6.73. The molecule has 148 valence electrons. The van der Waals surface area contributed by atoms with Crippen LogP contribution in [-0.2, 0) is 4.79 Å². The molecular weight excluding hydrogens is 370 g/mol. The van der Waals surface area contributed by atoms with Gasteiger partial charge in [0.15, 0.2) is 11.5 Å². The monoisotopic (exact) mass is 391 g/mol. The Kier molecular flexibility index (Phi) is 5.52. The van der Waals surface area contributed by atoms with Crippen molar-refractivity contribution in [3.63, 3.8) is 0 Å². The van der Waals surface area contributed by atoms with E-state index in [4.69, 9.17) is 9.47 Å². The van der Waals surface area contributed by atoms with Crippen LogP contribution in [0.3, 0.4) is 0 Å². The van der Waals surface area contributed by atoms with E-state index in [1.54, 1.807) is 18.2 Å². The molecule has 2 aromatic rings. The fraction of sp³-hybridized carbons (Fsp3) is 0.273. The van der Waals surface area contributed by atoms with Gasteiger partial charge in [0.05, 0.1) is 6.54 Å². The Labute approximate surface area is 169 Å². The number of rotatable bonds is 3. The molecule has 2 aliphatic heterocycles. The summed E-state index contributed by atoms with van der Waals surface area (Å²) in [6.07, 6.45) is 2.61. The maximum atomic E-state index is 12.0. The standard InChI is InChI=1S/C22H21N3O4/c26-21-5-1-2-13-25(21)18-9-6-16(7-10-18)4-3-12-23-22(27)24-17-8-11-19-20(14-17)29-15-28-19/h6-11,14H,1-2,5,12-13,15H2,(H2,23,24,27). The third-order valence-corrected chi connectivity index (χ3v) is 4.70. The van der Waals surface area contributed by atoms with Crippen LogP contribution in [0.5, 0.6) is 11.5 Å². The molecule has 0 unspecified atom stereocenters. The Bertz CT molecular complexity index is 976. The maximum absolute atomic E-state index is 12.0. The summed E-state index contributed by atoms with van der Waals surface area (Å²) in [5.74, 6) is 7.37. The third-order valence-electron chi connectivity index (χ3n) is 4.70. The Morgan fingerprint density at radius 1 is 1.07 bits per heavy atom. The average Bonchev–Trinajstić information content (AvgIpc) is 3.20. The molecule has 0 aliphatic carbocycles. The van der Waals surface area contributed by atoms with E-state index in [2.05, 4.69) is 22.5 Å². The first-order valence-corrected chi connectivity index (χ1v) is 9.53. The number of nitrogens with zero attached hydrogens (tertiary/aromatic N) is 1. The second kappa shape index (κ2) is 8.57. The SMILES string of the molecule is O=C(NCC#Cc1ccc(N2CCCCC2=O)cc1)Nc1ccc2c(c1)OCO2. The number of nitrogens with one attached hydrogen (secondary N) is 2. The number of benzene rings is 2. The van der Waals surface area contributed by atoms with Crippen molar-refractivity contribution in [2.45, 2.75) is 19.3 Å². The molecule has 1 saturated heterocycles. The molecule has 2 heterocycles. The lowest BCUT2D eigenvalue weighted by atomic mass is 10.1. The van der Waals surface area contributed by atoms with Crippen LogP contribution in [0.2, 0.25) is 0 Å². The van der Waals surface area contributed by atoms with E-state index in [-0.39, 0.29) is 25.3 Å². The lowest BCUT2D eigenvalue weighted by Gasteiger charge is -2.26. The minimum Gasteiger partial charge on any atom is -0.454 e. The highest BCUT2D eigenvalue weighted by Gasteiger charge is 2.19.